The van der Waals surface area contributed by atoms with Gasteiger partial charge in [-0.25, -0.2) is 4.39 Å². The smallest absolute Gasteiger partial charge is 0.124 e. The SMILES string of the molecule is Fc1ccc(CNC(c2cccs2)C2CCCC2)c(Cl)c1. The summed E-state index contributed by atoms with van der Waals surface area (Å²) in [5, 5.41) is 6.27. The highest BCUT2D eigenvalue weighted by Gasteiger charge is 2.26. The molecule has 112 valence electrons. The molecule has 0 spiro atoms. The summed E-state index contributed by atoms with van der Waals surface area (Å²) in [6.45, 7) is 0.679. The highest BCUT2D eigenvalue weighted by atomic mass is 35.5. The lowest BCUT2D eigenvalue weighted by molar-refractivity contribution is 0.371. The van der Waals surface area contributed by atoms with E-state index in [-0.39, 0.29) is 5.82 Å². The van der Waals surface area contributed by atoms with Gasteiger partial charge in [0.25, 0.3) is 0 Å². The number of rotatable bonds is 5. The zero-order chi connectivity index (χ0) is 14.7. The maximum absolute atomic E-state index is 13.1. The van der Waals surface area contributed by atoms with E-state index in [9.17, 15) is 4.39 Å². The van der Waals surface area contributed by atoms with E-state index in [4.69, 9.17) is 11.6 Å². The molecule has 0 amide bonds. The molecule has 1 aromatic heterocycles. The van der Waals surface area contributed by atoms with Gasteiger partial charge >= 0.3 is 0 Å². The summed E-state index contributed by atoms with van der Waals surface area (Å²) >= 11 is 7.92. The first kappa shape index (κ1) is 15.0. The Labute approximate surface area is 134 Å². The van der Waals surface area contributed by atoms with Crippen molar-refractivity contribution in [1.29, 1.82) is 0 Å². The molecule has 1 N–H and O–H groups in total. The number of halogens is 2. The first-order valence-corrected chi connectivity index (χ1v) is 8.70. The maximum atomic E-state index is 13.1. The number of hydrogen-bond acceptors (Lipinski definition) is 2. The normalized spacial score (nSPS) is 17.2. The molecule has 1 aliphatic carbocycles. The monoisotopic (exact) mass is 323 g/mol. The number of benzene rings is 1. The molecule has 0 aliphatic heterocycles. The quantitative estimate of drug-likeness (QED) is 0.759. The van der Waals surface area contributed by atoms with Gasteiger partial charge in [0.05, 0.1) is 0 Å². The summed E-state index contributed by atoms with van der Waals surface area (Å²) in [6, 6.07) is 9.31. The fourth-order valence-corrected chi connectivity index (χ4v) is 4.27. The third kappa shape index (κ3) is 3.65. The molecule has 1 unspecified atom stereocenters. The molecule has 4 heteroatoms. The van der Waals surface area contributed by atoms with Crippen molar-refractivity contribution in [1.82, 2.24) is 5.32 Å². The molecule has 1 fully saturated rings. The topological polar surface area (TPSA) is 12.0 Å². The van der Waals surface area contributed by atoms with Crippen LogP contribution in [0.15, 0.2) is 35.7 Å². The van der Waals surface area contributed by atoms with Crippen LogP contribution in [0, 0.1) is 11.7 Å². The Morgan fingerprint density at radius 3 is 2.76 bits per heavy atom. The number of thiophene rings is 1. The summed E-state index contributed by atoms with van der Waals surface area (Å²) < 4.78 is 13.1. The van der Waals surface area contributed by atoms with Gasteiger partial charge in [-0.05, 0) is 47.9 Å². The summed E-state index contributed by atoms with van der Waals surface area (Å²) in [6.07, 6.45) is 5.22. The van der Waals surface area contributed by atoms with Crippen LogP contribution in [-0.2, 0) is 6.54 Å². The van der Waals surface area contributed by atoms with Crippen molar-refractivity contribution in [3.05, 3.63) is 57.0 Å². The minimum atomic E-state index is -0.283. The molecule has 1 atom stereocenters. The second-order valence-electron chi connectivity index (χ2n) is 5.65. The molecule has 1 saturated carbocycles. The zero-order valence-electron chi connectivity index (χ0n) is 11.8. The molecule has 21 heavy (non-hydrogen) atoms. The van der Waals surface area contributed by atoms with Gasteiger partial charge in [0, 0.05) is 22.5 Å². The van der Waals surface area contributed by atoms with E-state index in [2.05, 4.69) is 22.8 Å². The molecule has 2 aromatic rings. The molecule has 0 bridgehead atoms. The lowest BCUT2D eigenvalue weighted by Crippen LogP contribution is -2.26. The predicted molar refractivity (Wildman–Crippen MR) is 87.3 cm³/mol. The Hall–Kier alpha value is -0.900. The fraction of sp³-hybridized carbons (Fsp3) is 0.412. The first-order chi connectivity index (χ1) is 10.2. The minimum absolute atomic E-state index is 0.283. The van der Waals surface area contributed by atoms with Gasteiger partial charge in [0.2, 0.25) is 0 Å². The molecule has 0 saturated heterocycles. The van der Waals surface area contributed by atoms with Crippen molar-refractivity contribution >= 4 is 22.9 Å². The Balaban J connectivity index is 1.72. The molecule has 1 heterocycles. The molecular formula is C17H19ClFNS. The second kappa shape index (κ2) is 6.91. The molecule has 1 nitrogen and oxygen atoms in total. The number of hydrogen-bond donors (Lipinski definition) is 1. The van der Waals surface area contributed by atoms with Crippen molar-refractivity contribution in [2.75, 3.05) is 0 Å². The molecular weight excluding hydrogens is 305 g/mol. The van der Waals surface area contributed by atoms with Crippen LogP contribution in [0.2, 0.25) is 5.02 Å². The Kier molecular flexibility index (Phi) is 4.94. The van der Waals surface area contributed by atoms with Crippen molar-refractivity contribution in [2.45, 2.75) is 38.3 Å². The van der Waals surface area contributed by atoms with Gasteiger partial charge < -0.3 is 5.32 Å². The summed E-state index contributed by atoms with van der Waals surface area (Å²) in [7, 11) is 0. The lowest BCUT2D eigenvalue weighted by Gasteiger charge is -2.24. The van der Waals surface area contributed by atoms with Crippen LogP contribution >= 0.6 is 22.9 Å². The van der Waals surface area contributed by atoms with Crippen molar-refractivity contribution in [3.63, 3.8) is 0 Å². The average molecular weight is 324 g/mol. The highest BCUT2D eigenvalue weighted by Crippen LogP contribution is 2.37. The van der Waals surface area contributed by atoms with Crippen LogP contribution in [0.25, 0.3) is 0 Å². The number of nitrogens with one attached hydrogen (secondary N) is 1. The van der Waals surface area contributed by atoms with E-state index >= 15 is 0 Å². The summed E-state index contributed by atoms with van der Waals surface area (Å²) in [5.74, 6) is 0.414. The molecule has 1 aliphatic rings. The van der Waals surface area contributed by atoms with Crippen LogP contribution in [0.1, 0.15) is 42.2 Å². The van der Waals surface area contributed by atoms with Crippen molar-refractivity contribution in [2.24, 2.45) is 5.92 Å². The highest BCUT2D eigenvalue weighted by molar-refractivity contribution is 7.10. The van der Waals surface area contributed by atoms with Crippen LogP contribution in [0.5, 0.6) is 0 Å². The van der Waals surface area contributed by atoms with E-state index in [1.165, 1.54) is 42.7 Å². The zero-order valence-corrected chi connectivity index (χ0v) is 13.4. The largest absolute Gasteiger partial charge is 0.305 e. The Morgan fingerprint density at radius 1 is 1.29 bits per heavy atom. The average Bonchev–Trinajstić information content (AvgIpc) is 3.14. The van der Waals surface area contributed by atoms with Crippen molar-refractivity contribution < 1.29 is 4.39 Å². The third-order valence-electron chi connectivity index (χ3n) is 4.25. The van der Waals surface area contributed by atoms with Gasteiger partial charge in [-0.15, -0.1) is 11.3 Å². The van der Waals surface area contributed by atoms with Crippen molar-refractivity contribution in [3.8, 4) is 0 Å². The summed E-state index contributed by atoms with van der Waals surface area (Å²) in [5.41, 5.74) is 0.956. The third-order valence-corrected chi connectivity index (χ3v) is 5.56. The van der Waals surface area contributed by atoms with Gasteiger partial charge in [0.15, 0.2) is 0 Å². The van der Waals surface area contributed by atoms with E-state index < -0.39 is 0 Å². The lowest BCUT2D eigenvalue weighted by atomic mass is 9.96. The maximum Gasteiger partial charge on any atom is 0.124 e. The second-order valence-corrected chi connectivity index (χ2v) is 7.04. The molecule has 0 radical (unpaired) electrons. The first-order valence-electron chi connectivity index (χ1n) is 7.45. The summed E-state index contributed by atoms with van der Waals surface area (Å²) in [4.78, 5) is 1.39. The minimum Gasteiger partial charge on any atom is -0.305 e. The van der Waals surface area contributed by atoms with Crippen LogP contribution in [0.4, 0.5) is 4.39 Å². The Bertz CT molecular complexity index is 578. The van der Waals surface area contributed by atoms with E-state index in [1.807, 2.05) is 0 Å². The van der Waals surface area contributed by atoms with Gasteiger partial charge in [-0.2, -0.15) is 0 Å². The van der Waals surface area contributed by atoms with E-state index in [1.54, 1.807) is 17.4 Å². The molecule has 1 aromatic carbocycles. The van der Waals surface area contributed by atoms with Gasteiger partial charge in [-0.3, -0.25) is 0 Å². The van der Waals surface area contributed by atoms with E-state index in [0.717, 1.165) is 5.56 Å². The van der Waals surface area contributed by atoms with Crippen LogP contribution in [-0.4, -0.2) is 0 Å². The standard InChI is InChI=1S/C17H19ClFNS/c18-15-10-14(19)8-7-13(15)11-20-17(12-4-1-2-5-12)16-6-3-9-21-16/h3,6-10,12,17,20H,1-2,4-5,11H2. The van der Waals surface area contributed by atoms with E-state index in [0.29, 0.717) is 23.5 Å². The van der Waals surface area contributed by atoms with Gasteiger partial charge in [-0.1, -0.05) is 36.6 Å². The predicted octanol–water partition coefficient (Wildman–Crippen LogP) is 5.56. The fourth-order valence-electron chi connectivity index (χ4n) is 3.14. The van der Waals surface area contributed by atoms with Gasteiger partial charge in [0.1, 0.15) is 5.82 Å². The Morgan fingerprint density at radius 2 is 2.10 bits per heavy atom. The van der Waals surface area contributed by atoms with Crippen LogP contribution < -0.4 is 5.32 Å². The van der Waals surface area contributed by atoms with Crippen LogP contribution in [0.3, 0.4) is 0 Å². The molecule has 3 rings (SSSR count).